The fourth-order valence-corrected chi connectivity index (χ4v) is 1.68. The van der Waals surface area contributed by atoms with Crippen LogP contribution in [0, 0.1) is 5.92 Å². The minimum Gasteiger partial charge on any atom is -0.489 e. The lowest BCUT2D eigenvalue weighted by molar-refractivity contribution is -0.0515. The van der Waals surface area contributed by atoms with Gasteiger partial charge >= 0.3 is 6.61 Å². The van der Waals surface area contributed by atoms with E-state index in [9.17, 15) is 13.6 Å². The average Bonchev–Trinajstić information content (AvgIpc) is 3.10. The summed E-state index contributed by atoms with van der Waals surface area (Å²) in [5, 5.41) is 0. The predicted octanol–water partition coefficient (Wildman–Crippen LogP) is 3.61. The molecule has 3 nitrogen and oxygen atoms in total. The second-order valence-electron chi connectivity index (χ2n) is 4.07. The molecule has 18 heavy (non-hydrogen) atoms. The van der Waals surface area contributed by atoms with Crippen molar-refractivity contribution in [3.8, 4) is 11.5 Å². The molecular weight excluding hydrogens is 310 g/mol. The first-order valence-electron chi connectivity index (χ1n) is 5.47. The van der Waals surface area contributed by atoms with Crippen LogP contribution in [-0.2, 0) is 0 Å². The third-order valence-corrected chi connectivity index (χ3v) is 3.02. The van der Waals surface area contributed by atoms with Crippen molar-refractivity contribution in [2.75, 3.05) is 6.61 Å². The van der Waals surface area contributed by atoms with Crippen LogP contribution in [0.25, 0.3) is 0 Å². The Morgan fingerprint density at radius 1 is 1.39 bits per heavy atom. The lowest BCUT2D eigenvalue weighted by Crippen LogP contribution is -2.07. The molecule has 0 saturated heterocycles. The van der Waals surface area contributed by atoms with E-state index in [1.54, 1.807) is 0 Å². The number of halogens is 3. The topological polar surface area (TPSA) is 35.5 Å². The van der Waals surface area contributed by atoms with E-state index < -0.39 is 6.61 Å². The quantitative estimate of drug-likeness (QED) is 0.751. The Kier molecular flexibility index (Phi) is 4.16. The highest BCUT2D eigenvalue weighted by Gasteiger charge is 2.23. The monoisotopic (exact) mass is 320 g/mol. The number of rotatable bonds is 6. The lowest BCUT2D eigenvalue weighted by atomic mass is 10.2. The van der Waals surface area contributed by atoms with Gasteiger partial charge in [0.15, 0.2) is 11.5 Å². The normalized spacial score (nSPS) is 14.7. The van der Waals surface area contributed by atoms with E-state index >= 15 is 0 Å². The molecule has 0 N–H and O–H groups in total. The number of alkyl halides is 2. The van der Waals surface area contributed by atoms with Gasteiger partial charge in [-0.2, -0.15) is 8.78 Å². The van der Waals surface area contributed by atoms with Crippen LogP contribution in [0.3, 0.4) is 0 Å². The minimum absolute atomic E-state index is 0.0526. The van der Waals surface area contributed by atoms with Gasteiger partial charge < -0.3 is 9.47 Å². The molecule has 0 bridgehead atoms. The number of hydrogen-bond donors (Lipinski definition) is 0. The number of carbonyl (C=O) groups is 1. The van der Waals surface area contributed by atoms with Crippen molar-refractivity contribution in [2.24, 2.45) is 5.92 Å². The van der Waals surface area contributed by atoms with Crippen LogP contribution >= 0.6 is 15.9 Å². The highest BCUT2D eigenvalue weighted by Crippen LogP contribution is 2.34. The summed E-state index contributed by atoms with van der Waals surface area (Å²) in [5.41, 5.74) is 0.336. The lowest BCUT2D eigenvalue weighted by Gasteiger charge is -2.12. The van der Waals surface area contributed by atoms with E-state index in [1.807, 2.05) is 0 Å². The molecule has 1 fully saturated rings. The summed E-state index contributed by atoms with van der Waals surface area (Å²) in [6.45, 7) is -2.46. The van der Waals surface area contributed by atoms with Crippen molar-refractivity contribution in [1.29, 1.82) is 0 Å². The molecule has 2 rings (SSSR count). The molecule has 6 heteroatoms. The van der Waals surface area contributed by atoms with Crippen molar-refractivity contribution < 1.29 is 23.0 Å². The van der Waals surface area contributed by atoms with Crippen LogP contribution in [0.5, 0.6) is 11.5 Å². The molecule has 1 aromatic carbocycles. The SMILES string of the molecule is O=C(Br)c1ccc(OC(F)F)c(OCC2CC2)c1. The summed E-state index contributed by atoms with van der Waals surface area (Å²) in [6.07, 6.45) is 2.17. The predicted molar refractivity (Wildman–Crippen MR) is 64.6 cm³/mol. The Balaban J connectivity index is 2.17. The maximum absolute atomic E-state index is 12.2. The van der Waals surface area contributed by atoms with Gasteiger partial charge in [-0.3, -0.25) is 4.79 Å². The first-order chi connectivity index (χ1) is 8.56. The molecule has 0 unspecified atom stereocenters. The highest BCUT2D eigenvalue weighted by molar-refractivity contribution is 9.18. The Hall–Kier alpha value is -1.17. The first kappa shape index (κ1) is 13.3. The number of carbonyl (C=O) groups excluding carboxylic acids is 1. The second-order valence-corrected chi connectivity index (χ2v) is 4.79. The third-order valence-electron chi connectivity index (χ3n) is 2.56. The van der Waals surface area contributed by atoms with Crippen molar-refractivity contribution in [3.63, 3.8) is 0 Å². The molecular formula is C12H11BrF2O3. The molecule has 98 valence electrons. The van der Waals surface area contributed by atoms with Crippen molar-refractivity contribution in [2.45, 2.75) is 19.5 Å². The summed E-state index contributed by atoms with van der Waals surface area (Å²) in [5.74, 6) is 0.600. The Morgan fingerprint density at radius 2 is 2.11 bits per heavy atom. The van der Waals surface area contributed by atoms with Gasteiger partial charge in [0.2, 0.25) is 4.69 Å². The Labute approximate surface area is 111 Å². The van der Waals surface area contributed by atoms with Gasteiger partial charge in [0.25, 0.3) is 0 Å². The van der Waals surface area contributed by atoms with Crippen molar-refractivity contribution >= 4 is 20.6 Å². The minimum atomic E-state index is -2.92. The largest absolute Gasteiger partial charge is 0.489 e. The second kappa shape index (κ2) is 5.65. The van der Waals surface area contributed by atoms with E-state index in [-0.39, 0.29) is 16.2 Å². The molecule has 1 aliphatic carbocycles. The van der Waals surface area contributed by atoms with Crippen LogP contribution < -0.4 is 9.47 Å². The third kappa shape index (κ3) is 3.66. The molecule has 0 amide bonds. The van der Waals surface area contributed by atoms with E-state index in [1.165, 1.54) is 18.2 Å². The van der Waals surface area contributed by atoms with Crippen LogP contribution in [0.15, 0.2) is 18.2 Å². The maximum atomic E-state index is 12.2. The van der Waals surface area contributed by atoms with Gasteiger partial charge in [-0.1, -0.05) is 0 Å². The van der Waals surface area contributed by atoms with Crippen molar-refractivity contribution in [1.82, 2.24) is 0 Å². The smallest absolute Gasteiger partial charge is 0.387 e. The molecule has 0 aromatic heterocycles. The molecule has 0 atom stereocenters. The first-order valence-corrected chi connectivity index (χ1v) is 6.27. The highest BCUT2D eigenvalue weighted by atomic mass is 79.9. The van der Waals surface area contributed by atoms with Crippen LogP contribution in [-0.4, -0.2) is 17.9 Å². The maximum Gasteiger partial charge on any atom is 0.387 e. The van der Waals surface area contributed by atoms with Crippen LogP contribution in [0.2, 0.25) is 0 Å². The zero-order valence-electron chi connectivity index (χ0n) is 9.37. The van der Waals surface area contributed by atoms with E-state index in [2.05, 4.69) is 20.7 Å². The summed E-state index contributed by atoms with van der Waals surface area (Å²) < 4.78 is 33.9. The summed E-state index contributed by atoms with van der Waals surface area (Å²) in [6, 6.07) is 4.11. The summed E-state index contributed by atoms with van der Waals surface area (Å²) in [7, 11) is 0. The van der Waals surface area contributed by atoms with E-state index in [0.29, 0.717) is 18.1 Å². The average molecular weight is 321 g/mol. The zero-order chi connectivity index (χ0) is 13.1. The van der Waals surface area contributed by atoms with Gasteiger partial charge in [-0.25, -0.2) is 0 Å². The Morgan fingerprint density at radius 3 is 2.67 bits per heavy atom. The zero-order valence-corrected chi connectivity index (χ0v) is 11.0. The fourth-order valence-electron chi connectivity index (χ4n) is 1.43. The summed E-state index contributed by atoms with van der Waals surface area (Å²) in [4.78, 5) is 11.2. The van der Waals surface area contributed by atoms with Gasteiger partial charge in [-0.15, -0.1) is 0 Å². The molecule has 0 aliphatic heterocycles. The molecule has 1 aliphatic rings. The van der Waals surface area contributed by atoms with Crippen LogP contribution in [0.4, 0.5) is 8.78 Å². The number of benzene rings is 1. The standard InChI is InChI=1S/C12H11BrF2O3/c13-11(16)8-3-4-9(18-12(14)15)10(5-8)17-6-7-1-2-7/h3-5,7,12H,1-2,6H2. The molecule has 0 spiro atoms. The van der Waals surface area contributed by atoms with Gasteiger partial charge in [0.05, 0.1) is 6.61 Å². The van der Waals surface area contributed by atoms with Crippen molar-refractivity contribution in [3.05, 3.63) is 23.8 Å². The van der Waals surface area contributed by atoms with Gasteiger partial charge in [0.1, 0.15) is 0 Å². The summed E-state index contributed by atoms with van der Waals surface area (Å²) >= 11 is 2.80. The molecule has 1 saturated carbocycles. The molecule has 1 aromatic rings. The molecule has 0 heterocycles. The Bertz CT molecular complexity index is 447. The number of hydrogen-bond acceptors (Lipinski definition) is 3. The van der Waals surface area contributed by atoms with Crippen LogP contribution in [0.1, 0.15) is 23.2 Å². The van der Waals surface area contributed by atoms with Gasteiger partial charge in [-0.05, 0) is 52.9 Å². The van der Waals surface area contributed by atoms with E-state index in [4.69, 9.17) is 4.74 Å². The number of ether oxygens (including phenoxy) is 2. The van der Waals surface area contributed by atoms with Gasteiger partial charge in [0, 0.05) is 5.56 Å². The van der Waals surface area contributed by atoms with E-state index in [0.717, 1.165) is 12.8 Å². The molecule has 0 radical (unpaired) electrons. The fraction of sp³-hybridized carbons (Fsp3) is 0.417.